The Morgan fingerprint density at radius 3 is 2.47 bits per heavy atom. The van der Waals surface area contributed by atoms with Gasteiger partial charge in [0.1, 0.15) is 0 Å². The van der Waals surface area contributed by atoms with Crippen LogP contribution in [-0.2, 0) is 5.41 Å². The number of hydrogen-bond donors (Lipinski definition) is 1. The summed E-state index contributed by atoms with van der Waals surface area (Å²) in [6.07, 6.45) is 0. The first-order valence-corrected chi connectivity index (χ1v) is 8.14. The Kier molecular flexibility index (Phi) is 3.17. The van der Waals surface area contributed by atoms with Crippen LogP contribution in [0.5, 0.6) is 0 Å². The molecule has 19 heavy (non-hydrogen) atoms. The minimum atomic E-state index is 0.178. The summed E-state index contributed by atoms with van der Waals surface area (Å²) in [6, 6.07) is 11.1. The van der Waals surface area contributed by atoms with Gasteiger partial charge in [-0.05, 0) is 73.8 Å². The lowest BCUT2D eigenvalue weighted by Crippen LogP contribution is -2.10. The van der Waals surface area contributed by atoms with Crippen LogP contribution >= 0.6 is 38.5 Å². The van der Waals surface area contributed by atoms with Crippen molar-refractivity contribution in [3.8, 4) is 0 Å². The number of aromatic nitrogens is 1. The van der Waals surface area contributed by atoms with Crippen molar-refractivity contribution < 1.29 is 0 Å². The first-order valence-electron chi connectivity index (χ1n) is 6.27. The molecule has 0 bridgehead atoms. The zero-order chi connectivity index (χ0) is 13.8. The molecule has 0 aliphatic rings. The van der Waals surface area contributed by atoms with Crippen LogP contribution in [0.25, 0.3) is 21.8 Å². The quantitative estimate of drug-likeness (QED) is 0.424. The number of halogens is 2. The molecule has 0 saturated heterocycles. The Labute approximate surface area is 135 Å². The maximum atomic E-state index is 3.65. The highest BCUT2D eigenvalue weighted by atomic mass is 127. The smallest absolute Gasteiger partial charge is 0.0610 e. The molecular weight excluding hydrogens is 413 g/mol. The molecule has 1 heterocycles. The second-order valence-corrected chi connectivity index (χ2v) is 8.05. The highest BCUT2D eigenvalue weighted by molar-refractivity contribution is 14.1. The van der Waals surface area contributed by atoms with E-state index < -0.39 is 0 Å². The maximum absolute atomic E-state index is 3.65. The van der Waals surface area contributed by atoms with Crippen LogP contribution in [0.15, 0.2) is 34.8 Å². The van der Waals surface area contributed by atoms with Gasteiger partial charge in [0.05, 0.1) is 5.52 Å². The van der Waals surface area contributed by atoms with Gasteiger partial charge in [-0.1, -0.05) is 26.8 Å². The Hall–Kier alpha value is -0.550. The van der Waals surface area contributed by atoms with Crippen molar-refractivity contribution in [1.82, 2.24) is 4.98 Å². The molecule has 0 amide bonds. The summed E-state index contributed by atoms with van der Waals surface area (Å²) in [5, 5.41) is 2.60. The van der Waals surface area contributed by atoms with E-state index in [1.54, 1.807) is 0 Å². The SMILES string of the molecule is CC(C)(C)c1ccc2[nH]c3c(Br)cc(I)cc3c2c1. The van der Waals surface area contributed by atoms with Crippen molar-refractivity contribution >= 4 is 60.3 Å². The van der Waals surface area contributed by atoms with Gasteiger partial charge in [0.15, 0.2) is 0 Å². The van der Waals surface area contributed by atoms with E-state index in [0.29, 0.717) is 0 Å². The van der Waals surface area contributed by atoms with Crippen molar-refractivity contribution in [1.29, 1.82) is 0 Å². The molecule has 2 aromatic carbocycles. The molecule has 0 aliphatic carbocycles. The Morgan fingerprint density at radius 2 is 1.79 bits per heavy atom. The third kappa shape index (κ3) is 2.31. The summed E-state index contributed by atoms with van der Waals surface area (Å²) < 4.78 is 2.38. The topological polar surface area (TPSA) is 15.8 Å². The van der Waals surface area contributed by atoms with Gasteiger partial charge < -0.3 is 4.98 Å². The third-order valence-corrected chi connectivity index (χ3v) is 4.74. The van der Waals surface area contributed by atoms with E-state index in [1.165, 1.54) is 30.9 Å². The summed E-state index contributed by atoms with van der Waals surface area (Å²) in [4.78, 5) is 3.50. The lowest BCUT2D eigenvalue weighted by molar-refractivity contribution is 0.591. The molecule has 0 radical (unpaired) electrons. The van der Waals surface area contributed by atoms with Crippen molar-refractivity contribution in [2.24, 2.45) is 0 Å². The summed E-state index contributed by atoms with van der Waals surface area (Å²) >= 11 is 6.01. The Balaban J connectivity index is 2.41. The van der Waals surface area contributed by atoms with Crippen molar-refractivity contribution in [3.05, 3.63) is 43.9 Å². The van der Waals surface area contributed by atoms with E-state index in [2.05, 4.69) is 94.6 Å². The van der Waals surface area contributed by atoms with E-state index >= 15 is 0 Å². The molecule has 3 aromatic rings. The van der Waals surface area contributed by atoms with Crippen LogP contribution in [0.3, 0.4) is 0 Å². The highest BCUT2D eigenvalue weighted by Gasteiger charge is 2.16. The summed E-state index contributed by atoms with van der Waals surface area (Å²) in [7, 11) is 0. The number of rotatable bonds is 0. The first kappa shape index (κ1) is 13.4. The fourth-order valence-electron chi connectivity index (χ4n) is 2.39. The van der Waals surface area contributed by atoms with Gasteiger partial charge in [-0.25, -0.2) is 0 Å². The fraction of sp³-hybridized carbons (Fsp3) is 0.250. The summed E-state index contributed by atoms with van der Waals surface area (Å²) in [5.74, 6) is 0. The van der Waals surface area contributed by atoms with Gasteiger partial charge in [-0.2, -0.15) is 0 Å². The van der Waals surface area contributed by atoms with Crippen LogP contribution in [-0.4, -0.2) is 4.98 Å². The number of benzene rings is 2. The molecule has 0 unspecified atom stereocenters. The number of nitrogens with one attached hydrogen (secondary N) is 1. The molecule has 0 saturated carbocycles. The van der Waals surface area contributed by atoms with Crippen LogP contribution in [0.1, 0.15) is 26.3 Å². The molecular formula is C16H15BrIN. The zero-order valence-corrected chi connectivity index (χ0v) is 14.9. The van der Waals surface area contributed by atoms with Crippen LogP contribution in [0.4, 0.5) is 0 Å². The standard InChI is InChI=1S/C16H15BrIN/c1-16(2,3)9-4-5-14-11(6-9)12-7-10(18)8-13(17)15(12)19-14/h4-8,19H,1-3H3. The average molecular weight is 428 g/mol. The van der Waals surface area contributed by atoms with Crippen molar-refractivity contribution in [2.45, 2.75) is 26.2 Å². The fourth-order valence-corrected chi connectivity index (χ4v) is 4.00. The minimum Gasteiger partial charge on any atom is -0.354 e. The van der Waals surface area contributed by atoms with Crippen molar-refractivity contribution in [3.63, 3.8) is 0 Å². The maximum Gasteiger partial charge on any atom is 0.0610 e. The number of hydrogen-bond acceptors (Lipinski definition) is 0. The Bertz CT molecular complexity index is 781. The largest absolute Gasteiger partial charge is 0.354 e. The monoisotopic (exact) mass is 427 g/mol. The lowest BCUT2D eigenvalue weighted by atomic mass is 9.86. The van der Waals surface area contributed by atoms with E-state index in [1.807, 2.05) is 0 Å². The van der Waals surface area contributed by atoms with E-state index in [0.717, 1.165) is 4.47 Å². The molecule has 3 heteroatoms. The normalized spacial score (nSPS) is 12.5. The molecule has 1 aromatic heterocycles. The second kappa shape index (κ2) is 4.48. The lowest BCUT2D eigenvalue weighted by Gasteiger charge is -2.18. The van der Waals surface area contributed by atoms with Crippen LogP contribution in [0.2, 0.25) is 0 Å². The first-order chi connectivity index (χ1) is 8.86. The van der Waals surface area contributed by atoms with Crippen LogP contribution < -0.4 is 0 Å². The molecule has 0 atom stereocenters. The summed E-state index contributed by atoms with van der Waals surface area (Å²) in [5.41, 5.74) is 3.93. The second-order valence-electron chi connectivity index (χ2n) is 5.95. The molecule has 98 valence electrons. The van der Waals surface area contributed by atoms with Gasteiger partial charge in [0.25, 0.3) is 0 Å². The third-order valence-electron chi connectivity index (χ3n) is 3.49. The molecule has 1 N–H and O–H groups in total. The van der Waals surface area contributed by atoms with Crippen LogP contribution in [0, 0.1) is 3.57 Å². The van der Waals surface area contributed by atoms with E-state index in [-0.39, 0.29) is 5.41 Å². The number of aromatic amines is 1. The Morgan fingerprint density at radius 1 is 1.05 bits per heavy atom. The van der Waals surface area contributed by atoms with Gasteiger partial charge in [-0.3, -0.25) is 0 Å². The van der Waals surface area contributed by atoms with Gasteiger partial charge >= 0.3 is 0 Å². The van der Waals surface area contributed by atoms with E-state index in [4.69, 9.17) is 0 Å². The van der Waals surface area contributed by atoms with Crippen molar-refractivity contribution in [2.75, 3.05) is 0 Å². The predicted molar refractivity (Wildman–Crippen MR) is 94.9 cm³/mol. The van der Waals surface area contributed by atoms with Gasteiger partial charge in [0.2, 0.25) is 0 Å². The summed E-state index contributed by atoms with van der Waals surface area (Å²) in [6.45, 7) is 6.76. The van der Waals surface area contributed by atoms with E-state index in [9.17, 15) is 0 Å². The zero-order valence-electron chi connectivity index (χ0n) is 11.1. The van der Waals surface area contributed by atoms with Gasteiger partial charge in [-0.15, -0.1) is 0 Å². The number of fused-ring (bicyclic) bond motifs is 3. The molecule has 3 rings (SSSR count). The minimum absolute atomic E-state index is 0.178. The number of H-pyrrole nitrogens is 1. The molecule has 0 fully saturated rings. The average Bonchev–Trinajstić information content (AvgIpc) is 2.66. The molecule has 0 spiro atoms. The molecule has 0 aliphatic heterocycles. The predicted octanol–water partition coefficient (Wildman–Crippen LogP) is 5.99. The molecule has 1 nitrogen and oxygen atoms in total. The van der Waals surface area contributed by atoms with Gasteiger partial charge in [0, 0.05) is 24.3 Å². The highest BCUT2D eigenvalue weighted by Crippen LogP contribution is 2.34.